The summed E-state index contributed by atoms with van der Waals surface area (Å²) in [6.07, 6.45) is 2.52. The van der Waals surface area contributed by atoms with E-state index in [0.29, 0.717) is 15.6 Å². The van der Waals surface area contributed by atoms with Crippen LogP contribution in [0.1, 0.15) is 23.2 Å². The molecule has 0 atom stereocenters. The van der Waals surface area contributed by atoms with Gasteiger partial charge in [0.1, 0.15) is 0 Å². The average molecular weight is 393 g/mol. The van der Waals surface area contributed by atoms with Crippen LogP contribution in [0.5, 0.6) is 0 Å². The van der Waals surface area contributed by atoms with E-state index in [1.54, 1.807) is 18.2 Å². The number of halogens is 3. The second kappa shape index (κ2) is 9.25. The van der Waals surface area contributed by atoms with E-state index in [1.807, 2.05) is 4.90 Å². The topological polar surface area (TPSA) is 35.6 Å². The molecule has 1 amide bonds. The van der Waals surface area contributed by atoms with Crippen LogP contribution in [0, 0.1) is 5.92 Å². The lowest BCUT2D eigenvalue weighted by molar-refractivity contribution is 0.0609. The molecule has 0 aliphatic carbocycles. The van der Waals surface area contributed by atoms with E-state index < -0.39 is 0 Å². The molecule has 7 heteroatoms. The molecule has 2 saturated heterocycles. The summed E-state index contributed by atoms with van der Waals surface area (Å²) in [7, 11) is 0. The van der Waals surface area contributed by atoms with Gasteiger partial charge in [-0.1, -0.05) is 29.3 Å². The molecule has 0 saturated carbocycles. The van der Waals surface area contributed by atoms with Gasteiger partial charge < -0.3 is 10.2 Å². The molecule has 1 aromatic rings. The van der Waals surface area contributed by atoms with Crippen LogP contribution in [0.25, 0.3) is 0 Å². The summed E-state index contributed by atoms with van der Waals surface area (Å²) < 4.78 is 0. The maximum Gasteiger partial charge on any atom is 0.256 e. The number of hydrogen-bond donors (Lipinski definition) is 1. The molecule has 2 heterocycles. The van der Waals surface area contributed by atoms with Gasteiger partial charge in [0.2, 0.25) is 0 Å². The molecular formula is C17H24Cl3N3O. The summed E-state index contributed by atoms with van der Waals surface area (Å²) in [6.45, 7) is 6.75. The molecule has 2 aliphatic rings. The molecule has 0 bridgehead atoms. The molecule has 0 spiro atoms. The van der Waals surface area contributed by atoms with E-state index >= 15 is 0 Å². The van der Waals surface area contributed by atoms with Gasteiger partial charge >= 0.3 is 0 Å². The minimum Gasteiger partial charge on any atom is -0.336 e. The summed E-state index contributed by atoms with van der Waals surface area (Å²) in [4.78, 5) is 17.0. The normalized spacial score (nSPS) is 19.8. The second-order valence-corrected chi connectivity index (χ2v) is 7.20. The monoisotopic (exact) mass is 391 g/mol. The minimum absolute atomic E-state index is 0. The summed E-state index contributed by atoms with van der Waals surface area (Å²) in [6, 6.07) is 5.19. The van der Waals surface area contributed by atoms with Crippen LogP contribution in [0.3, 0.4) is 0 Å². The molecule has 1 N–H and O–H groups in total. The van der Waals surface area contributed by atoms with Gasteiger partial charge in [-0.05, 0) is 44.0 Å². The maximum atomic E-state index is 12.7. The van der Waals surface area contributed by atoms with Crippen LogP contribution < -0.4 is 5.32 Å². The zero-order valence-corrected chi connectivity index (χ0v) is 16.0. The van der Waals surface area contributed by atoms with Crippen molar-refractivity contribution in [2.45, 2.75) is 12.8 Å². The number of hydrogen-bond acceptors (Lipinski definition) is 3. The number of piperidine rings is 1. The van der Waals surface area contributed by atoms with Crippen molar-refractivity contribution >= 4 is 41.5 Å². The van der Waals surface area contributed by atoms with Crippen LogP contribution in [-0.2, 0) is 0 Å². The third-order valence-corrected chi connectivity index (χ3v) is 5.44. The Labute approximate surface area is 159 Å². The van der Waals surface area contributed by atoms with Gasteiger partial charge in [-0.3, -0.25) is 9.69 Å². The van der Waals surface area contributed by atoms with Crippen LogP contribution in [0.2, 0.25) is 10.0 Å². The third kappa shape index (κ3) is 4.77. The number of piperazine rings is 1. The summed E-state index contributed by atoms with van der Waals surface area (Å²) >= 11 is 12.3. The number of nitrogens with zero attached hydrogens (tertiary/aromatic N) is 2. The number of amides is 1. The van der Waals surface area contributed by atoms with Crippen LogP contribution in [0.4, 0.5) is 0 Å². The van der Waals surface area contributed by atoms with Gasteiger partial charge in [0.15, 0.2) is 0 Å². The molecule has 1 aromatic carbocycles. The van der Waals surface area contributed by atoms with Crippen molar-refractivity contribution < 1.29 is 4.79 Å². The lowest BCUT2D eigenvalue weighted by Gasteiger charge is -2.37. The van der Waals surface area contributed by atoms with E-state index in [1.165, 1.54) is 12.8 Å². The predicted molar refractivity (Wildman–Crippen MR) is 102 cm³/mol. The molecule has 4 nitrogen and oxygen atoms in total. The zero-order valence-electron chi connectivity index (χ0n) is 13.6. The second-order valence-electron chi connectivity index (χ2n) is 6.38. The van der Waals surface area contributed by atoms with Crippen molar-refractivity contribution in [3.63, 3.8) is 0 Å². The highest BCUT2D eigenvalue weighted by Crippen LogP contribution is 2.26. The largest absolute Gasteiger partial charge is 0.336 e. The first-order valence-electron chi connectivity index (χ1n) is 8.31. The minimum atomic E-state index is -0.0536. The fourth-order valence-corrected chi connectivity index (χ4v) is 3.98. The van der Waals surface area contributed by atoms with Crippen molar-refractivity contribution in [3.05, 3.63) is 33.8 Å². The number of carbonyl (C=O) groups excluding carboxylic acids is 1. The van der Waals surface area contributed by atoms with Crippen LogP contribution >= 0.6 is 35.6 Å². The molecule has 24 heavy (non-hydrogen) atoms. The van der Waals surface area contributed by atoms with Crippen molar-refractivity contribution in [2.75, 3.05) is 45.8 Å². The van der Waals surface area contributed by atoms with Crippen molar-refractivity contribution in [1.82, 2.24) is 15.1 Å². The summed E-state index contributed by atoms with van der Waals surface area (Å²) in [5, 5.41) is 4.27. The number of benzene rings is 1. The maximum absolute atomic E-state index is 12.7. The quantitative estimate of drug-likeness (QED) is 0.858. The highest BCUT2D eigenvalue weighted by Gasteiger charge is 2.26. The first-order chi connectivity index (χ1) is 11.1. The van der Waals surface area contributed by atoms with Gasteiger partial charge in [-0.2, -0.15) is 0 Å². The van der Waals surface area contributed by atoms with E-state index in [0.717, 1.165) is 51.7 Å². The van der Waals surface area contributed by atoms with E-state index in [2.05, 4.69) is 10.2 Å². The van der Waals surface area contributed by atoms with Crippen molar-refractivity contribution in [3.8, 4) is 0 Å². The molecule has 2 aliphatic heterocycles. The first kappa shape index (κ1) is 19.8. The zero-order chi connectivity index (χ0) is 16.2. The smallest absolute Gasteiger partial charge is 0.256 e. The molecule has 2 fully saturated rings. The number of carbonyl (C=O) groups is 1. The van der Waals surface area contributed by atoms with E-state index in [4.69, 9.17) is 23.2 Å². The Morgan fingerprint density at radius 3 is 2.25 bits per heavy atom. The van der Waals surface area contributed by atoms with Crippen LogP contribution in [-0.4, -0.2) is 61.5 Å². The molecule has 0 aromatic heterocycles. The highest BCUT2D eigenvalue weighted by atomic mass is 35.5. The number of nitrogens with one attached hydrogen (secondary N) is 1. The Kier molecular flexibility index (Phi) is 7.63. The lowest BCUT2D eigenvalue weighted by Crippen LogP contribution is -2.50. The van der Waals surface area contributed by atoms with E-state index in [-0.39, 0.29) is 18.3 Å². The van der Waals surface area contributed by atoms with E-state index in [9.17, 15) is 4.79 Å². The molecule has 0 radical (unpaired) electrons. The SMILES string of the molecule is Cl.O=C(c1c(Cl)cccc1Cl)N1CCN(CC2CCNCC2)CC1. The van der Waals surface area contributed by atoms with Crippen LogP contribution in [0.15, 0.2) is 18.2 Å². The lowest BCUT2D eigenvalue weighted by atomic mass is 9.97. The Bertz CT molecular complexity index is 536. The Balaban J connectivity index is 0.00000208. The molecule has 3 rings (SSSR count). The standard InChI is InChI=1S/C17H23Cl2N3O.ClH/c18-14-2-1-3-15(19)16(14)17(23)22-10-8-21(9-11-22)12-13-4-6-20-7-5-13;/h1-3,13,20H,4-12H2;1H. The average Bonchev–Trinajstić information content (AvgIpc) is 2.56. The summed E-state index contributed by atoms with van der Waals surface area (Å²) in [5.41, 5.74) is 0.433. The van der Waals surface area contributed by atoms with Gasteiger partial charge in [0, 0.05) is 32.7 Å². The first-order valence-corrected chi connectivity index (χ1v) is 9.07. The molecule has 0 unspecified atom stereocenters. The highest BCUT2D eigenvalue weighted by molar-refractivity contribution is 6.39. The summed E-state index contributed by atoms with van der Waals surface area (Å²) in [5.74, 6) is 0.735. The number of rotatable bonds is 3. The molecule has 134 valence electrons. The molecular weight excluding hydrogens is 369 g/mol. The van der Waals surface area contributed by atoms with Crippen molar-refractivity contribution in [1.29, 1.82) is 0 Å². The predicted octanol–water partition coefficient (Wildman–Crippen LogP) is 3.17. The Morgan fingerprint density at radius 2 is 1.67 bits per heavy atom. The Morgan fingerprint density at radius 1 is 1.08 bits per heavy atom. The fourth-order valence-electron chi connectivity index (χ4n) is 3.42. The van der Waals surface area contributed by atoms with Gasteiger partial charge in [-0.25, -0.2) is 0 Å². The third-order valence-electron chi connectivity index (χ3n) is 4.81. The Hall–Kier alpha value is -0.520. The van der Waals surface area contributed by atoms with Crippen molar-refractivity contribution in [2.24, 2.45) is 5.92 Å². The van der Waals surface area contributed by atoms with Gasteiger partial charge in [0.05, 0.1) is 15.6 Å². The van der Waals surface area contributed by atoms with Gasteiger partial charge in [0.25, 0.3) is 5.91 Å². The fraction of sp³-hybridized carbons (Fsp3) is 0.588. The van der Waals surface area contributed by atoms with Gasteiger partial charge in [-0.15, -0.1) is 12.4 Å².